The van der Waals surface area contributed by atoms with Gasteiger partial charge in [-0.15, -0.1) is 0 Å². The van der Waals surface area contributed by atoms with E-state index in [9.17, 15) is 4.79 Å². The second-order valence-corrected chi connectivity index (χ2v) is 5.53. The van der Waals surface area contributed by atoms with Gasteiger partial charge in [-0.05, 0) is 36.1 Å². The van der Waals surface area contributed by atoms with Crippen LogP contribution in [0.4, 0.5) is 0 Å². The van der Waals surface area contributed by atoms with E-state index in [1.165, 1.54) is 0 Å². The lowest BCUT2D eigenvalue weighted by Gasteiger charge is -2.16. The number of hydrogen-bond donors (Lipinski definition) is 0. The number of carbonyl (C=O) groups is 1. The van der Waals surface area contributed by atoms with Crippen LogP contribution in [0, 0.1) is 12.3 Å². The largest absolute Gasteiger partial charge is 0.294 e. The van der Waals surface area contributed by atoms with Crippen molar-refractivity contribution in [3.63, 3.8) is 0 Å². The molecule has 0 spiro atoms. The molecule has 0 aliphatic rings. The van der Waals surface area contributed by atoms with Crippen molar-refractivity contribution in [1.82, 2.24) is 0 Å². The molecule has 0 N–H and O–H groups in total. The number of aryl methyl sites for hydroxylation is 1. The summed E-state index contributed by atoms with van der Waals surface area (Å²) in [5, 5.41) is 0.710. The number of benzene rings is 1. The standard InChI is InChI=1S/C13H17ClO/c1-9-7-10(5-6-11(9)14)12(15)8-13(2,3)4/h5-7H,8H2,1-4H3. The van der Waals surface area contributed by atoms with Crippen molar-refractivity contribution >= 4 is 17.4 Å². The van der Waals surface area contributed by atoms with Crippen molar-refractivity contribution in [2.45, 2.75) is 34.1 Å². The van der Waals surface area contributed by atoms with Crippen molar-refractivity contribution in [2.75, 3.05) is 0 Å². The molecule has 1 rings (SSSR count). The molecule has 1 aromatic carbocycles. The highest BCUT2D eigenvalue weighted by atomic mass is 35.5. The number of ketones is 1. The topological polar surface area (TPSA) is 17.1 Å². The Kier molecular flexibility index (Phi) is 3.56. The lowest BCUT2D eigenvalue weighted by Crippen LogP contribution is -2.13. The first kappa shape index (κ1) is 12.3. The first-order valence-corrected chi connectivity index (χ1v) is 5.47. The van der Waals surface area contributed by atoms with Crippen molar-refractivity contribution in [1.29, 1.82) is 0 Å². The van der Waals surface area contributed by atoms with Crippen LogP contribution in [-0.4, -0.2) is 5.78 Å². The average Bonchev–Trinajstić information content (AvgIpc) is 2.06. The number of halogens is 1. The zero-order chi connectivity index (χ0) is 11.6. The minimum atomic E-state index is 0.0324. The van der Waals surface area contributed by atoms with Crippen LogP contribution in [0.3, 0.4) is 0 Å². The summed E-state index contributed by atoms with van der Waals surface area (Å²) in [6.45, 7) is 8.10. The molecule has 0 aromatic heterocycles. The molecule has 82 valence electrons. The van der Waals surface area contributed by atoms with Gasteiger partial charge in [0.05, 0.1) is 0 Å². The molecular formula is C13H17ClO. The lowest BCUT2D eigenvalue weighted by molar-refractivity contribution is 0.0940. The predicted octanol–water partition coefficient (Wildman–Crippen LogP) is 4.27. The molecule has 0 unspecified atom stereocenters. The van der Waals surface area contributed by atoms with Crippen molar-refractivity contribution in [2.24, 2.45) is 5.41 Å². The van der Waals surface area contributed by atoms with Gasteiger partial charge in [-0.1, -0.05) is 32.4 Å². The molecule has 0 atom stereocenters. The maximum atomic E-state index is 11.9. The van der Waals surface area contributed by atoms with Gasteiger partial charge in [0.15, 0.2) is 5.78 Å². The lowest BCUT2D eigenvalue weighted by atomic mass is 9.87. The van der Waals surface area contributed by atoms with Crippen LogP contribution < -0.4 is 0 Å². The van der Waals surface area contributed by atoms with Crippen LogP contribution in [0.5, 0.6) is 0 Å². The Hall–Kier alpha value is -0.820. The molecule has 15 heavy (non-hydrogen) atoms. The first-order valence-electron chi connectivity index (χ1n) is 5.09. The fraction of sp³-hybridized carbons (Fsp3) is 0.462. The minimum Gasteiger partial charge on any atom is -0.294 e. The quantitative estimate of drug-likeness (QED) is 0.686. The molecular weight excluding hydrogens is 208 g/mol. The molecule has 2 heteroatoms. The third-order valence-corrected chi connectivity index (χ3v) is 2.59. The van der Waals surface area contributed by atoms with Crippen LogP contribution in [0.2, 0.25) is 5.02 Å². The Morgan fingerprint density at radius 2 is 1.93 bits per heavy atom. The average molecular weight is 225 g/mol. The van der Waals surface area contributed by atoms with E-state index in [-0.39, 0.29) is 11.2 Å². The Morgan fingerprint density at radius 3 is 2.40 bits per heavy atom. The number of carbonyl (C=O) groups excluding carboxylic acids is 1. The summed E-state index contributed by atoms with van der Waals surface area (Å²) < 4.78 is 0. The molecule has 1 nitrogen and oxygen atoms in total. The fourth-order valence-electron chi connectivity index (χ4n) is 1.40. The summed E-state index contributed by atoms with van der Waals surface area (Å²) in [7, 11) is 0. The summed E-state index contributed by atoms with van der Waals surface area (Å²) in [4.78, 5) is 11.9. The maximum absolute atomic E-state index is 11.9. The number of rotatable bonds is 2. The summed E-state index contributed by atoms with van der Waals surface area (Å²) in [6.07, 6.45) is 0.564. The molecule has 0 fully saturated rings. The zero-order valence-electron chi connectivity index (χ0n) is 9.73. The normalized spacial score (nSPS) is 11.5. The van der Waals surface area contributed by atoms with E-state index in [1.54, 1.807) is 12.1 Å². The van der Waals surface area contributed by atoms with Gasteiger partial charge in [-0.3, -0.25) is 4.79 Å². The van der Waals surface area contributed by atoms with Gasteiger partial charge >= 0.3 is 0 Å². The molecule has 0 heterocycles. The summed E-state index contributed by atoms with van der Waals surface area (Å²) in [5.41, 5.74) is 1.74. The van der Waals surface area contributed by atoms with E-state index in [1.807, 2.05) is 13.0 Å². The Labute approximate surface area is 96.5 Å². The summed E-state index contributed by atoms with van der Waals surface area (Å²) in [5.74, 6) is 0.183. The van der Waals surface area contributed by atoms with E-state index in [4.69, 9.17) is 11.6 Å². The van der Waals surface area contributed by atoms with Gasteiger partial charge in [0, 0.05) is 17.0 Å². The van der Waals surface area contributed by atoms with Gasteiger partial charge in [0.2, 0.25) is 0 Å². The molecule has 0 aliphatic carbocycles. The first-order chi connectivity index (χ1) is 6.79. The number of Topliss-reactive ketones (excluding diaryl/α,β-unsaturated/α-hetero) is 1. The van der Waals surface area contributed by atoms with E-state index in [0.717, 1.165) is 11.1 Å². The Morgan fingerprint density at radius 1 is 1.33 bits per heavy atom. The molecule has 0 bridgehead atoms. The van der Waals surface area contributed by atoms with E-state index in [0.29, 0.717) is 11.4 Å². The van der Waals surface area contributed by atoms with Crippen molar-refractivity contribution in [3.8, 4) is 0 Å². The van der Waals surface area contributed by atoms with E-state index < -0.39 is 0 Å². The third kappa shape index (κ3) is 3.67. The maximum Gasteiger partial charge on any atom is 0.163 e. The van der Waals surface area contributed by atoms with Crippen LogP contribution in [0.15, 0.2) is 18.2 Å². The van der Waals surface area contributed by atoms with Crippen LogP contribution in [0.25, 0.3) is 0 Å². The highest BCUT2D eigenvalue weighted by Crippen LogP contribution is 2.23. The highest BCUT2D eigenvalue weighted by Gasteiger charge is 2.17. The Bertz CT molecular complexity index is 375. The smallest absolute Gasteiger partial charge is 0.163 e. The van der Waals surface area contributed by atoms with Gasteiger partial charge < -0.3 is 0 Å². The molecule has 0 radical (unpaired) electrons. The minimum absolute atomic E-state index is 0.0324. The second-order valence-electron chi connectivity index (χ2n) is 5.12. The summed E-state index contributed by atoms with van der Waals surface area (Å²) >= 11 is 5.91. The third-order valence-electron chi connectivity index (χ3n) is 2.17. The number of hydrogen-bond acceptors (Lipinski definition) is 1. The highest BCUT2D eigenvalue weighted by molar-refractivity contribution is 6.31. The van der Waals surface area contributed by atoms with Crippen molar-refractivity contribution < 1.29 is 4.79 Å². The SMILES string of the molecule is Cc1cc(C(=O)CC(C)(C)C)ccc1Cl. The van der Waals surface area contributed by atoms with Crippen molar-refractivity contribution in [3.05, 3.63) is 34.3 Å². The predicted molar refractivity (Wildman–Crippen MR) is 64.6 cm³/mol. The van der Waals surface area contributed by atoms with Gasteiger partial charge in [0.25, 0.3) is 0 Å². The second kappa shape index (κ2) is 4.36. The molecule has 0 saturated heterocycles. The van der Waals surface area contributed by atoms with Crippen LogP contribution in [-0.2, 0) is 0 Å². The van der Waals surface area contributed by atoms with Gasteiger partial charge in [-0.25, -0.2) is 0 Å². The van der Waals surface area contributed by atoms with Crippen LogP contribution >= 0.6 is 11.6 Å². The molecule has 0 saturated carbocycles. The van der Waals surface area contributed by atoms with Crippen LogP contribution in [0.1, 0.15) is 43.1 Å². The molecule has 1 aromatic rings. The zero-order valence-corrected chi connectivity index (χ0v) is 10.5. The molecule has 0 amide bonds. The van der Waals surface area contributed by atoms with E-state index >= 15 is 0 Å². The summed E-state index contributed by atoms with van der Waals surface area (Å²) in [6, 6.07) is 5.44. The Balaban J connectivity index is 2.88. The fourth-order valence-corrected chi connectivity index (χ4v) is 1.52. The molecule has 0 aliphatic heterocycles. The monoisotopic (exact) mass is 224 g/mol. The van der Waals surface area contributed by atoms with E-state index in [2.05, 4.69) is 20.8 Å². The van der Waals surface area contributed by atoms with Gasteiger partial charge in [0.1, 0.15) is 0 Å². The van der Waals surface area contributed by atoms with Gasteiger partial charge in [-0.2, -0.15) is 0 Å².